The van der Waals surface area contributed by atoms with Crippen molar-refractivity contribution in [3.8, 4) is 0 Å². The second kappa shape index (κ2) is 4.41. The predicted molar refractivity (Wildman–Crippen MR) is 75.3 cm³/mol. The van der Waals surface area contributed by atoms with E-state index in [-0.39, 0.29) is 5.91 Å². The molecule has 19 heavy (non-hydrogen) atoms. The van der Waals surface area contributed by atoms with Crippen LogP contribution in [0.5, 0.6) is 0 Å². The largest absolute Gasteiger partial charge is 0.461 e. The first kappa shape index (κ1) is 12.3. The fourth-order valence-electron chi connectivity index (χ4n) is 2.84. The fourth-order valence-corrected chi connectivity index (χ4v) is 2.84. The summed E-state index contributed by atoms with van der Waals surface area (Å²) < 4.78 is 5.70. The van der Waals surface area contributed by atoms with Gasteiger partial charge in [0.25, 0.3) is 0 Å². The Morgan fingerprint density at radius 1 is 1.32 bits per heavy atom. The van der Waals surface area contributed by atoms with Crippen molar-refractivity contribution in [1.29, 1.82) is 0 Å². The standard InChI is InChI=1S/C16H19NO2/c1-10-11(2)19-15-5-4-12(8-14(10)15)13-6-7-17(3)16(18)9-13/h4-5,8,13H,6-7,9H2,1-3H3. The fraction of sp³-hybridized carbons (Fsp3) is 0.438. The molecule has 0 saturated carbocycles. The highest BCUT2D eigenvalue weighted by Gasteiger charge is 2.24. The van der Waals surface area contributed by atoms with Crippen LogP contribution >= 0.6 is 0 Å². The van der Waals surface area contributed by atoms with E-state index in [2.05, 4.69) is 19.1 Å². The highest BCUT2D eigenvalue weighted by Crippen LogP contribution is 2.32. The van der Waals surface area contributed by atoms with Crippen molar-refractivity contribution in [2.75, 3.05) is 13.6 Å². The average Bonchev–Trinajstić information content (AvgIpc) is 2.68. The Morgan fingerprint density at radius 2 is 2.11 bits per heavy atom. The van der Waals surface area contributed by atoms with Crippen LogP contribution in [0.25, 0.3) is 11.0 Å². The van der Waals surface area contributed by atoms with Gasteiger partial charge in [-0.15, -0.1) is 0 Å². The van der Waals surface area contributed by atoms with Gasteiger partial charge >= 0.3 is 0 Å². The van der Waals surface area contributed by atoms with Gasteiger partial charge in [-0.3, -0.25) is 4.79 Å². The highest BCUT2D eigenvalue weighted by molar-refractivity contribution is 5.83. The molecule has 1 unspecified atom stereocenters. The molecule has 3 rings (SSSR count). The van der Waals surface area contributed by atoms with Crippen LogP contribution in [0.4, 0.5) is 0 Å². The Kier molecular flexibility index (Phi) is 2.85. The lowest BCUT2D eigenvalue weighted by Crippen LogP contribution is -2.34. The number of likely N-dealkylation sites (tertiary alicyclic amines) is 1. The molecule has 1 aromatic heterocycles. The monoisotopic (exact) mass is 257 g/mol. The van der Waals surface area contributed by atoms with Gasteiger partial charge in [0.2, 0.25) is 5.91 Å². The van der Waals surface area contributed by atoms with E-state index in [4.69, 9.17) is 4.42 Å². The number of piperidine rings is 1. The number of amides is 1. The molecule has 0 N–H and O–H groups in total. The summed E-state index contributed by atoms with van der Waals surface area (Å²) in [5, 5.41) is 1.18. The van der Waals surface area contributed by atoms with Gasteiger partial charge in [-0.25, -0.2) is 0 Å². The number of aryl methyl sites for hydroxylation is 2. The van der Waals surface area contributed by atoms with Crippen molar-refractivity contribution < 1.29 is 9.21 Å². The van der Waals surface area contributed by atoms with Crippen molar-refractivity contribution in [3.05, 3.63) is 35.1 Å². The molecule has 1 amide bonds. The molecule has 2 aromatic rings. The highest BCUT2D eigenvalue weighted by atomic mass is 16.3. The summed E-state index contributed by atoms with van der Waals surface area (Å²) in [6, 6.07) is 6.34. The molecule has 100 valence electrons. The molecule has 3 nitrogen and oxygen atoms in total. The first-order chi connectivity index (χ1) is 9.06. The lowest BCUT2D eigenvalue weighted by Gasteiger charge is -2.29. The number of furan rings is 1. The van der Waals surface area contributed by atoms with Crippen molar-refractivity contribution in [2.45, 2.75) is 32.6 Å². The summed E-state index contributed by atoms with van der Waals surface area (Å²) in [6.07, 6.45) is 1.67. The van der Waals surface area contributed by atoms with Gasteiger partial charge in [0, 0.05) is 25.4 Å². The van der Waals surface area contributed by atoms with Crippen LogP contribution in [-0.4, -0.2) is 24.4 Å². The second-order valence-electron chi connectivity index (χ2n) is 5.54. The summed E-state index contributed by atoms with van der Waals surface area (Å²) >= 11 is 0. The minimum Gasteiger partial charge on any atom is -0.461 e. The topological polar surface area (TPSA) is 33.5 Å². The zero-order chi connectivity index (χ0) is 13.6. The molecule has 0 bridgehead atoms. The number of carbonyl (C=O) groups excluding carboxylic acids is 1. The molecule has 0 spiro atoms. The lowest BCUT2D eigenvalue weighted by atomic mass is 9.88. The molecule has 2 heterocycles. The number of nitrogens with zero attached hydrogens (tertiary/aromatic N) is 1. The average molecular weight is 257 g/mol. The maximum absolute atomic E-state index is 11.8. The van der Waals surface area contributed by atoms with Gasteiger partial charge in [0.15, 0.2) is 0 Å². The molecular weight excluding hydrogens is 238 g/mol. The molecule has 1 aromatic carbocycles. The van der Waals surface area contributed by atoms with Gasteiger partial charge < -0.3 is 9.32 Å². The van der Waals surface area contributed by atoms with Crippen molar-refractivity contribution in [1.82, 2.24) is 4.90 Å². The number of hydrogen-bond donors (Lipinski definition) is 0. The Hall–Kier alpha value is -1.77. The van der Waals surface area contributed by atoms with Gasteiger partial charge in [-0.2, -0.15) is 0 Å². The summed E-state index contributed by atoms with van der Waals surface area (Å²) in [7, 11) is 1.88. The molecule has 0 radical (unpaired) electrons. The molecule has 1 aliphatic heterocycles. The van der Waals surface area contributed by atoms with E-state index < -0.39 is 0 Å². The van der Waals surface area contributed by atoms with E-state index in [1.54, 1.807) is 0 Å². The normalized spacial score (nSPS) is 20.3. The molecule has 1 aliphatic rings. The lowest BCUT2D eigenvalue weighted by molar-refractivity contribution is -0.132. The molecule has 0 aliphatic carbocycles. The third-order valence-electron chi connectivity index (χ3n) is 4.33. The maximum Gasteiger partial charge on any atom is 0.222 e. The Balaban J connectivity index is 1.97. The maximum atomic E-state index is 11.8. The van der Waals surface area contributed by atoms with E-state index in [0.717, 1.165) is 24.3 Å². The number of rotatable bonds is 1. The van der Waals surface area contributed by atoms with Gasteiger partial charge in [-0.05, 0) is 49.4 Å². The molecule has 1 saturated heterocycles. The van der Waals surface area contributed by atoms with E-state index in [0.29, 0.717) is 12.3 Å². The second-order valence-corrected chi connectivity index (χ2v) is 5.54. The Bertz CT molecular complexity index is 641. The number of hydrogen-bond acceptors (Lipinski definition) is 2. The number of benzene rings is 1. The van der Waals surface area contributed by atoms with Crippen LogP contribution in [0.2, 0.25) is 0 Å². The van der Waals surface area contributed by atoms with Gasteiger partial charge in [-0.1, -0.05) is 6.07 Å². The number of fused-ring (bicyclic) bond motifs is 1. The molecular formula is C16H19NO2. The van der Waals surface area contributed by atoms with Gasteiger partial charge in [0.05, 0.1) is 0 Å². The minimum absolute atomic E-state index is 0.247. The summed E-state index contributed by atoms with van der Waals surface area (Å²) in [6.45, 7) is 4.93. The third-order valence-corrected chi connectivity index (χ3v) is 4.33. The van der Waals surface area contributed by atoms with Gasteiger partial charge in [0.1, 0.15) is 11.3 Å². The van der Waals surface area contributed by atoms with Crippen molar-refractivity contribution >= 4 is 16.9 Å². The summed E-state index contributed by atoms with van der Waals surface area (Å²) in [5.74, 6) is 1.57. The van der Waals surface area contributed by atoms with Crippen LogP contribution < -0.4 is 0 Å². The predicted octanol–water partition coefficient (Wildman–Crippen LogP) is 3.39. The third kappa shape index (κ3) is 2.03. The SMILES string of the molecule is Cc1oc2ccc(C3CCN(C)C(=O)C3)cc2c1C. The Labute approximate surface area is 113 Å². The van der Waals surface area contributed by atoms with Crippen LogP contribution in [0.1, 0.15) is 35.6 Å². The molecule has 1 fully saturated rings. The van der Waals surface area contributed by atoms with Crippen LogP contribution in [-0.2, 0) is 4.79 Å². The Morgan fingerprint density at radius 3 is 2.84 bits per heavy atom. The molecule has 3 heteroatoms. The van der Waals surface area contributed by atoms with Crippen LogP contribution in [0, 0.1) is 13.8 Å². The molecule has 1 atom stereocenters. The summed E-state index contributed by atoms with van der Waals surface area (Å²) in [5.41, 5.74) is 3.41. The first-order valence-corrected chi connectivity index (χ1v) is 6.80. The number of carbonyl (C=O) groups is 1. The zero-order valence-corrected chi connectivity index (χ0v) is 11.7. The van der Waals surface area contributed by atoms with E-state index in [1.165, 1.54) is 16.5 Å². The van der Waals surface area contributed by atoms with E-state index >= 15 is 0 Å². The van der Waals surface area contributed by atoms with E-state index in [9.17, 15) is 4.79 Å². The zero-order valence-electron chi connectivity index (χ0n) is 11.7. The minimum atomic E-state index is 0.247. The van der Waals surface area contributed by atoms with E-state index in [1.807, 2.05) is 24.9 Å². The van der Waals surface area contributed by atoms with Crippen LogP contribution in [0.3, 0.4) is 0 Å². The van der Waals surface area contributed by atoms with Crippen LogP contribution in [0.15, 0.2) is 22.6 Å². The van der Waals surface area contributed by atoms with Crippen molar-refractivity contribution in [3.63, 3.8) is 0 Å². The first-order valence-electron chi connectivity index (χ1n) is 6.80. The summed E-state index contributed by atoms with van der Waals surface area (Å²) in [4.78, 5) is 13.6. The smallest absolute Gasteiger partial charge is 0.222 e. The van der Waals surface area contributed by atoms with Crippen molar-refractivity contribution in [2.24, 2.45) is 0 Å². The quantitative estimate of drug-likeness (QED) is 0.784.